The molecule has 2 aliphatic rings. The smallest absolute Gasteiger partial charge is 0.216 e. The minimum absolute atomic E-state index is 0.0134. The number of rotatable bonds is 5. The molecule has 0 saturated carbocycles. The molecule has 3 heterocycles. The van der Waals surface area contributed by atoms with Crippen molar-refractivity contribution in [1.29, 1.82) is 0 Å². The number of dihydropyridines is 1. The third-order valence-electron chi connectivity index (χ3n) is 4.70. The number of allylic oxidation sites excluding steroid dienone is 1. The Morgan fingerprint density at radius 1 is 1.52 bits per heavy atom. The quantitative estimate of drug-likeness (QED) is 0.860. The van der Waals surface area contributed by atoms with E-state index in [9.17, 15) is 4.39 Å². The van der Waals surface area contributed by atoms with Gasteiger partial charge in [0.2, 0.25) is 5.88 Å². The predicted molar refractivity (Wildman–Crippen MR) is 96.6 cm³/mol. The van der Waals surface area contributed by atoms with Crippen LogP contribution in [-0.2, 0) is 0 Å². The molecule has 0 aliphatic carbocycles. The molecule has 0 amide bonds. The molecular formula is C19H25FN4O. The Labute approximate surface area is 148 Å². The molecular weight excluding hydrogens is 319 g/mol. The van der Waals surface area contributed by atoms with Crippen molar-refractivity contribution in [2.45, 2.75) is 39.2 Å². The van der Waals surface area contributed by atoms with Crippen LogP contribution in [0.5, 0.6) is 5.88 Å². The molecule has 25 heavy (non-hydrogen) atoms. The zero-order valence-corrected chi connectivity index (χ0v) is 14.9. The second kappa shape index (κ2) is 6.88. The standard InChI is InChI=1S/C19H25FN4O/c1-11-7-15(8-23-19(11)25-10-12(2)20)13(3)24-9-17-16(14(24)4)5-6-22-18(17)21/h5-8,12-13,18,22H,4,9-10,21H2,1-3H3. The van der Waals surface area contributed by atoms with Gasteiger partial charge in [-0.3, -0.25) is 0 Å². The van der Waals surface area contributed by atoms with Gasteiger partial charge in [-0.25, -0.2) is 9.37 Å². The zero-order chi connectivity index (χ0) is 18.1. The fourth-order valence-corrected chi connectivity index (χ4v) is 3.22. The number of alkyl halides is 1. The van der Waals surface area contributed by atoms with Crippen LogP contribution in [0.1, 0.15) is 31.0 Å². The molecule has 3 atom stereocenters. The van der Waals surface area contributed by atoms with Gasteiger partial charge >= 0.3 is 0 Å². The van der Waals surface area contributed by atoms with Gasteiger partial charge in [0.15, 0.2) is 0 Å². The van der Waals surface area contributed by atoms with Crippen LogP contribution in [0.4, 0.5) is 4.39 Å². The number of halogens is 1. The molecule has 3 unspecified atom stereocenters. The Morgan fingerprint density at radius 3 is 2.92 bits per heavy atom. The summed E-state index contributed by atoms with van der Waals surface area (Å²) in [5.74, 6) is 0.479. The molecule has 0 saturated heterocycles. The van der Waals surface area contributed by atoms with Crippen molar-refractivity contribution in [3.8, 4) is 5.88 Å². The van der Waals surface area contributed by atoms with Crippen LogP contribution >= 0.6 is 0 Å². The van der Waals surface area contributed by atoms with Gasteiger partial charge in [0, 0.05) is 29.6 Å². The number of aryl methyl sites for hydroxylation is 1. The van der Waals surface area contributed by atoms with E-state index in [1.54, 1.807) is 6.20 Å². The summed E-state index contributed by atoms with van der Waals surface area (Å²) in [4.78, 5) is 6.59. The van der Waals surface area contributed by atoms with E-state index in [1.807, 2.05) is 25.3 Å². The summed E-state index contributed by atoms with van der Waals surface area (Å²) in [6.45, 7) is 10.5. The maximum atomic E-state index is 13.0. The van der Waals surface area contributed by atoms with E-state index in [0.29, 0.717) is 5.88 Å². The summed E-state index contributed by atoms with van der Waals surface area (Å²) in [6, 6.07) is 2.13. The Morgan fingerprint density at radius 2 is 2.28 bits per heavy atom. The minimum Gasteiger partial charge on any atom is -0.474 e. The topological polar surface area (TPSA) is 63.4 Å². The second-order valence-corrected chi connectivity index (χ2v) is 6.65. The summed E-state index contributed by atoms with van der Waals surface area (Å²) >= 11 is 0. The average molecular weight is 344 g/mol. The molecule has 3 rings (SSSR count). The van der Waals surface area contributed by atoms with E-state index in [-0.39, 0.29) is 18.8 Å². The van der Waals surface area contributed by atoms with Gasteiger partial charge in [-0.1, -0.05) is 6.58 Å². The number of hydrogen-bond acceptors (Lipinski definition) is 5. The molecule has 0 aromatic carbocycles. The summed E-state index contributed by atoms with van der Waals surface area (Å²) in [5.41, 5.74) is 11.3. The van der Waals surface area contributed by atoms with Crippen LogP contribution in [-0.4, -0.2) is 35.4 Å². The minimum atomic E-state index is -1.02. The molecule has 2 aliphatic heterocycles. The van der Waals surface area contributed by atoms with Gasteiger partial charge < -0.3 is 20.7 Å². The van der Waals surface area contributed by atoms with E-state index in [2.05, 4.69) is 28.7 Å². The first-order chi connectivity index (χ1) is 11.9. The first kappa shape index (κ1) is 17.5. The van der Waals surface area contributed by atoms with Crippen molar-refractivity contribution in [3.63, 3.8) is 0 Å². The van der Waals surface area contributed by atoms with Gasteiger partial charge in [0.05, 0.1) is 12.2 Å². The number of nitrogens with two attached hydrogens (primary N) is 1. The molecule has 1 aromatic rings. The first-order valence-corrected chi connectivity index (χ1v) is 8.49. The lowest BCUT2D eigenvalue weighted by Crippen LogP contribution is -2.39. The van der Waals surface area contributed by atoms with Gasteiger partial charge in [-0.15, -0.1) is 0 Å². The first-order valence-electron chi connectivity index (χ1n) is 8.49. The van der Waals surface area contributed by atoms with E-state index < -0.39 is 6.17 Å². The van der Waals surface area contributed by atoms with Gasteiger partial charge in [0.25, 0.3) is 0 Å². The normalized spacial score (nSPS) is 21.9. The zero-order valence-electron chi connectivity index (χ0n) is 14.9. The van der Waals surface area contributed by atoms with Crippen molar-refractivity contribution in [2.75, 3.05) is 13.2 Å². The van der Waals surface area contributed by atoms with Crippen molar-refractivity contribution in [3.05, 3.63) is 59.1 Å². The van der Waals surface area contributed by atoms with Crippen LogP contribution < -0.4 is 15.8 Å². The van der Waals surface area contributed by atoms with Crippen LogP contribution in [0.3, 0.4) is 0 Å². The van der Waals surface area contributed by atoms with Gasteiger partial charge in [-0.05, 0) is 50.3 Å². The lowest BCUT2D eigenvalue weighted by atomic mass is 10.1. The highest BCUT2D eigenvalue weighted by Gasteiger charge is 2.32. The van der Waals surface area contributed by atoms with Crippen LogP contribution in [0, 0.1) is 6.92 Å². The molecule has 6 heteroatoms. The fraction of sp³-hybridized carbons (Fsp3) is 0.421. The molecule has 5 nitrogen and oxygen atoms in total. The maximum absolute atomic E-state index is 13.0. The van der Waals surface area contributed by atoms with Gasteiger partial charge in [-0.2, -0.15) is 0 Å². The third kappa shape index (κ3) is 3.39. The van der Waals surface area contributed by atoms with E-state index in [1.165, 1.54) is 6.92 Å². The molecule has 0 spiro atoms. The molecule has 0 bridgehead atoms. The Kier molecular flexibility index (Phi) is 4.81. The molecule has 3 N–H and O–H groups in total. The summed E-state index contributed by atoms with van der Waals surface area (Å²) in [7, 11) is 0. The van der Waals surface area contributed by atoms with Crippen molar-refractivity contribution >= 4 is 0 Å². The van der Waals surface area contributed by atoms with Crippen LogP contribution in [0.25, 0.3) is 0 Å². The summed E-state index contributed by atoms with van der Waals surface area (Å²) in [6.07, 6.45) is 4.48. The van der Waals surface area contributed by atoms with Crippen molar-refractivity contribution in [1.82, 2.24) is 15.2 Å². The molecule has 0 fully saturated rings. The predicted octanol–water partition coefficient (Wildman–Crippen LogP) is 2.72. The van der Waals surface area contributed by atoms with Crippen molar-refractivity contribution < 1.29 is 9.13 Å². The highest BCUT2D eigenvalue weighted by molar-refractivity contribution is 5.51. The van der Waals surface area contributed by atoms with E-state index in [0.717, 1.165) is 34.5 Å². The lowest BCUT2D eigenvalue weighted by Gasteiger charge is -2.29. The third-order valence-corrected chi connectivity index (χ3v) is 4.70. The molecule has 0 radical (unpaired) electrons. The maximum Gasteiger partial charge on any atom is 0.216 e. The number of ether oxygens (including phenoxy) is 1. The number of pyridine rings is 1. The van der Waals surface area contributed by atoms with Crippen LogP contribution in [0.15, 0.2) is 48.0 Å². The van der Waals surface area contributed by atoms with Gasteiger partial charge in [0.1, 0.15) is 12.8 Å². The second-order valence-electron chi connectivity index (χ2n) is 6.65. The summed E-state index contributed by atoms with van der Waals surface area (Å²) < 4.78 is 18.4. The Hall–Kier alpha value is -2.34. The molecule has 134 valence electrons. The Bertz CT molecular complexity index is 741. The lowest BCUT2D eigenvalue weighted by molar-refractivity contribution is 0.202. The molecule has 1 aromatic heterocycles. The monoisotopic (exact) mass is 344 g/mol. The SMILES string of the molecule is C=C1C2=C(CN1C(C)c1cnc(OCC(C)F)c(C)c1)C(N)NC=C2. The highest BCUT2D eigenvalue weighted by atomic mass is 19.1. The number of nitrogens with one attached hydrogen (secondary N) is 1. The number of hydrogen-bond donors (Lipinski definition) is 2. The summed E-state index contributed by atoms with van der Waals surface area (Å²) in [5, 5.41) is 3.12. The fourth-order valence-electron chi connectivity index (χ4n) is 3.22. The van der Waals surface area contributed by atoms with E-state index >= 15 is 0 Å². The largest absolute Gasteiger partial charge is 0.474 e. The average Bonchev–Trinajstić information content (AvgIpc) is 2.91. The Balaban J connectivity index is 1.76. The van der Waals surface area contributed by atoms with Crippen molar-refractivity contribution in [2.24, 2.45) is 5.73 Å². The van der Waals surface area contributed by atoms with Crippen LogP contribution in [0.2, 0.25) is 0 Å². The van der Waals surface area contributed by atoms with E-state index in [4.69, 9.17) is 10.5 Å². The number of nitrogens with zero attached hydrogens (tertiary/aromatic N) is 2. The highest BCUT2D eigenvalue weighted by Crippen LogP contribution is 2.37. The number of aromatic nitrogens is 1.